The number of nitrogens with zero attached hydrogens (tertiary/aromatic N) is 1. The van der Waals surface area contributed by atoms with Crippen LogP contribution in [0.2, 0.25) is 0 Å². The SMILES string of the molecule is CC1(C)C(N)CC1Oc1cc(Br)cc([N+](=O)[O-])c1. The first kappa shape index (κ1) is 13.3. The third-order valence-corrected chi connectivity index (χ3v) is 4.06. The molecule has 1 aliphatic rings. The largest absolute Gasteiger partial charge is 0.489 e. The predicted octanol–water partition coefficient (Wildman–Crippen LogP) is 2.86. The summed E-state index contributed by atoms with van der Waals surface area (Å²) in [4.78, 5) is 10.3. The van der Waals surface area contributed by atoms with Crippen LogP contribution in [0.5, 0.6) is 5.75 Å². The number of rotatable bonds is 3. The van der Waals surface area contributed by atoms with Gasteiger partial charge in [0, 0.05) is 28.4 Å². The molecule has 1 aliphatic carbocycles. The van der Waals surface area contributed by atoms with E-state index >= 15 is 0 Å². The van der Waals surface area contributed by atoms with Gasteiger partial charge in [0.25, 0.3) is 5.69 Å². The van der Waals surface area contributed by atoms with Gasteiger partial charge >= 0.3 is 0 Å². The number of hydrogen-bond acceptors (Lipinski definition) is 4. The highest BCUT2D eigenvalue weighted by molar-refractivity contribution is 9.10. The van der Waals surface area contributed by atoms with Crippen LogP contribution in [-0.2, 0) is 0 Å². The maximum atomic E-state index is 10.8. The summed E-state index contributed by atoms with van der Waals surface area (Å²) in [5.74, 6) is 0.501. The Morgan fingerprint density at radius 1 is 1.50 bits per heavy atom. The van der Waals surface area contributed by atoms with Crippen molar-refractivity contribution < 1.29 is 9.66 Å². The zero-order valence-corrected chi connectivity index (χ0v) is 11.8. The monoisotopic (exact) mass is 314 g/mol. The fourth-order valence-corrected chi connectivity index (χ4v) is 2.46. The summed E-state index contributed by atoms with van der Waals surface area (Å²) in [7, 11) is 0. The van der Waals surface area contributed by atoms with Crippen molar-refractivity contribution in [3.05, 3.63) is 32.8 Å². The summed E-state index contributed by atoms with van der Waals surface area (Å²) < 4.78 is 6.43. The molecule has 0 aliphatic heterocycles. The average Bonchev–Trinajstić information content (AvgIpc) is 2.28. The molecule has 0 spiro atoms. The average molecular weight is 315 g/mol. The maximum absolute atomic E-state index is 10.8. The number of halogens is 1. The van der Waals surface area contributed by atoms with Crippen LogP contribution in [0.4, 0.5) is 5.69 Å². The van der Waals surface area contributed by atoms with Gasteiger partial charge in [0.1, 0.15) is 11.9 Å². The minimum atomic E-state index is -0.435. The number of ether oxygens (including phenoxy) is 1. The Morgan fingerprint density at radius 2 is 2.17 bits per heavy atom. The van der Waals surface area contributed by atoms with Crippen LogP contribution in [0, 0.1) is 15.5 Å². The van der Waals surface area contributed by atoms with Crippen LogP contribution in [0.3, 0.4) is 0 Å². The molecule has 1 aromatic rings. The standard InChI is InChI=1S/C12H15BrN2O3/c1-12(2)10(14)6-11(12)18-9-4-7(13)3-8(5-9)15(16)17/h3-5,10-11H,6,14H2,1-2H3. The molecule has 98 valence electrons. The van der Waals surface area contributed by atoms with Gasteiger partial charge in [-0.05, 0) is 6.07 Å². The lowest BCUT2D eigenvalue weighted by atomic mass is 9.65. The summed E-state index contributed by atoms with van der Waals surface area (Å²) in [6, 6.07) is 4.73. The molecule has 2 unspecified atom stereocenters. The Bertz CT molecular complexity index is 490. The van der Waals surface area contributed by atoms with Crippen molar-refractivity contribution in [1.29, 1.82) is 0 Å². The second-order valence-electron chi connectivity index (χ2n) is 5.17. The highest BCUT2D eigenvalue weighted by Gasteiger charge is 2.48. The maximum Gasteiger partial charge on any atom is 0.274 e. The molecule has 2 rings (SSSR count). The molecule has 0 amide bonds. The van der Waals surface area contributed by atoms with Gasteiger partial charge in [0.05, 0.1) is 11.0 Å². The van der Waals surface area contributed by atoms with E-state index < -0.39 is 4.92 Å². The second kappa shape index (κ2) is 4.51. The van der Waals surface area contributed by atoms with Crippen molar-refractivity contribution >= 4 is 21.6 Å². The molecule has 0 saturated heterocycles. The van der Waals surface area contributed by atoms with Crippen LogP contribution < -0.4 is 10.5 Å². The Kier molecular flexibility index (Phi) is 3.33. The van der Waals surface area contributed by atoms with Gasteiger partial charge in [-0.25, -0.2) is 0 Å². The first-order valence-electron chi connectivity index (χ1n) is 5.68. The Balaban J connectivity index is 2.18. The van der Waals surface area contributed by atoms with Gasteiger partial charge < -0.3 is 10.5 Å². The smallest absolute Gasteiger partial charge is 0.274 e. The number of non-ortho nitro benzene ring substituents is 1. The molecule has 6 heteroatoms. The molecular weight excluding hydrogens is 300 g/mol. The van der Waals surface area contributed by atoms with Crippen molar-refractivity contribution in [3.63, 3.8) is 0 Å². The zero-order chi connectivity index (χ0) is 13.5. The lowest BCUT2D eigenvalue weighted by Gasteiger charge is -2.49. The molecule has 0 heterocycles. The number of nitro groups is 1. The molecule has 1 saturated carbocycles. The van der Waals surface area contributed by atoms with E-state index in [9.17, 15) is 10.1 Å². The summed E-state index contributed by atoms with van der Waals surface area (Å²) in [5.41, 5.74) is 5.83. The van der Waals surface area contributed by atoms with Crippen LogP contribution in [0.15, 0.2) is 22.7 Å². The molecule has 1 fully saturated rings. The predicted molar refractivity (Wildman–Crippen MR) is 71.6 cm³/mol. The number of nitro benzene ring substituents is 1. The minimum absolute atomic E-state index is 0.00130. The summed E-state index contributed by atoms with van der Waals surface area (Å²) in [5, 5.41) is 10.8. The normalized spacial score (nSPS) is 25.3. The molecule has 0 bridgehead atoms. The van der Waals surface area contributed by atoms with E-state index in [2.05, 4.69) is 15.9 Å². The van der Waals surface area contributed by atoms with E-state index in [1.807, 2.05) is 13.8 Å². The molecule has 0 aromatic heterocycles. The van der Waals surface area contributed by atoms with Gasteiger partial charge in [-0.15, -0.1) is 0 Å². The lowest BCUT2D eigenvalue weighted by molar-refractivity contribution is -0.385. The minimum Gasteiger partial charge on any atom is -0.489 e. The van der Waals surface area contributed by atoms with Crippen molar-refractivity contribution in [2.75, 3.05) is 0 Å². The number of benzene rings is 1. The van der Waals surface area contributed by atoms with Gasteiger partial charge in [0.2, 0.25) is 0 Å². The lowest BCUT2D eigenvalue weighted by Crippen LogP contribution is -2.60. The summed E-state index contributed by atoms with van der Waals surface area (Å²) in [6.07, 6.45) is 0.772. The molecule has 18 heavy (non-hydrogen) atoms. The van der Waals surface area contributed by atoms with Gasteiger partial charge in [-0.3, -0.25) is 10.1 Å². The number of hydrogen-bond donors (Lipinski definition) is 1. The van der Waals surface area contributed by atoms with Crippen molar-refractivity contribution in [1.82, 2.24) is 0 Å². The summed E-state index contributed by atoms with van der Waals surface area (Å²) in [6.45, 7) is 4.08. The zero-order valence-electron chi connectivity index (χ0n) is 10.2. The third-order valence-electron chi connectivity index (χ3n) is 3.60. The second-order valence-corrected chi connectivity index (χ2v) is 6.09. The summed E-state index contributed by atoms with van der Waals surface area (Å²) >= 11 is 3.24. The van der Waals surface area contributed by atoms with E-state index in [1.165, 1.54) is 12.1 Å². The van der Waals surface area contributed by atoms with Crippen LogP contribution in [-0.4, -0.2) is 17.1 Å². The van der Waals surface area contributed by atoms with Crippen LogP contribution in [0.25, 0.3) is 0 Å². The quantitative estimate of drug-likeness (QED) is 0.687. The third kappa shape index (κ3) is 2.35. The van der Waals surface area contributed by atoms with Crippen LogP contribution >= 0.6 is 15.9 Å². The van der Waals surface area contributed by atoms with E-state index in [0.717, 1.165) is 6.42 Å². The molecular formula is C12H15BrN2O3. The fourth-order valence-electron chi connectivity index (χ4n) is 2.00. The van der Waals surface area contributed by atoms with Gasteiger partial charge in [-0.2, -0.15) is 0 Å². The van der Waals surface area contributed by atoms with E-state index in [-0.39, 0.29) is 23.2 Å². The van der Waals surface area contributed by atoms with Crippen molar-refractivity contribution in [2.45, 2.75) is 32.4 Å². The first-order valence-corrected chi connectivity index (χ1v) is 6.47. The number of nitrogens with two attached hydrogens (primary N) is 1. The molecule has 2 atom stereocenters. The van der Waals surface area contributed by atoms with Gasteiger partial charge in [-0.1, -0.05) is 29.8 Å². The Morgan fingerprint density at radius 3 is 2.67 bits per heavy atom. The van der Waals surface area contributed by atoms with E-state index in [0.29, 0.717) is 10.2 Å². The van der Waals surface area contributed by atoms with E-state index in [1.54, 1.807) is 6.07 Å². The van der Waals surface area contributed by atoms with Crippen molar-refractivity contribution in [2.24, 2.45) is 11.1 Å². The van der Waals surface area contributed by atoms with Crippen molar-refractivity contribution in [3.8, 4) is 5.75 Å². The van der Waals surface area contributed by atoms with Crippen LogP contribution in [0.1, 0.15) is 20.3 Å². The van der Waals surface area contributed by atoms with E-state index in [4.69, 9.17) is 10.5 Å². The first-order chi connectivity index (χ1) is 8.30. The molecule has 5 nitrogen and oxygen atoms in total. The highest BCUT2D eigenvalue weighted by Crippen LogP contribution is 2.42. The molecule has 2 N–H and O–H groups in total. The topological polar surface area (TPSA) is 78.4 Å². The Labute approximate surface area is 114 Å². The van der Waals surface area contributed by atoms with Gasteiger partial charge in [0.15, 0.2) is 0 Å². The Hall–Kier alpha value is -1.14. The highest BCUT2D eigenvalue weighted by atomic mass is 79.9. The fraction of sp³-hybridized carbons (Fsp3) is 0.500. The molecule has 1 aromatic carbocycles. The molecule has 0 radical (unpaired) electrons.